The van der Waals surface area contributed by atoms with Crippen LogP contribution in [0.2, 0.25) is 0 Å². The number of aromatic nitrogens is 1. The van der Waals surface area contributed by atoms with Crippen molar-refractivity contribution in [2.45, 2.75) is 19.8 Å². The molecule has 0 atom stereocenters. The van der Waals surface area contributed by atoms with Gasteiger partial charge in [-0.05, 0) is 31.9 Å². The van der Waals surface area contributed by atoms with Crippen LogP contribution >= 0.6 is 0 Å². The number of carbonyl (C=O) groups is 2. The predicted octanol–water partition coefficient (Wildman–Crippen LogP) is 1.67. The first kappa shape index (κ1) is 13.5. The number of Topliss-reactive ketones (excluding diaryl/α,β-unsaturated/α-hetero) is 1. The number of anilines is 1. The first-order chi connectivity index (χ1) is 9.13. The zero-order valence-electron chi connectivity index (χ0n) is 11.3. The first-order valence-corrected chi connectivity index (χ1v) is 6.42. The van der Waals surface area contributed by atoms with Crippen LogP contribution in [-0.2, 0) is 9.53 Å². The van der Waals surface area contributed by atoms with E-state index in [4.69, 9.17) is 4.74 Å². The van der Waals surface area contributed by atoms with E-state index >= 15 is 0 Å². The van der Waals surface area contributed by atoms with Crippen molar-refractivity contribution < 1.29 is 14.3 Å². The number of hydrogen-bond acceptors (Lipinski definition) is 5. The fourth-order valence-corrected chi connectivity index (χ4v) is 2.42. The highest BCUT2D eigenvalue weighted by molar-refractivity contribution is 5.94. The number of piperidine rings is 1. The molecule has 102 valence electrons. The smallest absolute Gasteiger partial charge is 0.341 e. The van der Waals surface area contributed by atoms with Crippen molar-refractivity contribution in [3.8, 4) is 0 Å². The van der Waals surface area contributed by atoms with E-state index in [1.54, 1.807) is 25.3 Å². The lowest BCUT2D eigenvalue weighted by Gasteiger charge is -2.32. The van der Waals surface area contributed by atoms with Gasteiger partial charge < -0.3 is 9.64 Å². The van der Waals surface area contributed by atoms with E-state index in [-0.39, 0.29) is 17.7 Å². The Morgan fingerprint density at radius 1 is 1.37 bits per heavy atom. The molecule has 0 saturated carbocycles. The second kappa shape index (κ2) is 5.82. The summed E-state index contributed by atoms with van der Waals surface area (Å²) in [4.78, 5) is 29.4. The van der Waals surface area contributed by atoms with Crippen molar-refractivity contribution in [1.82, 2.24) is 4.98 Å². The molecule has 1 aliphatic heterocycles. The van der Waals surface area contributed by atoms with Gasteiger partial charge in [0.2, 0.25) is 0 Å². The Morgan fingerprint density at radius 2 is 2.05 bits per heavy atom. The summed E-state index contributed by atoms with van der Waals surface area (Å²) in [6, 6.07) is 3.43. The molecule has 0 unspecified atom stereocenters. The van der Waals surface area contributed by atoms with Gasteiger partial charge in [-0.3, -0.25) is 4.79 Å². The summed E-state index contributed by atoms with van der Waals surface area (Å²) in [5.41, 5.74) is 0.478. The summed E-state index contributed by atoms with van der Waals surface area (Å²) < 4.78 is 4.77. The number of carbonyl (C=O) groups excluding carboxylic acids is 2. The first-order valence-electron chi connectivity index (χ1n) is 6.42. The van der Waals surface area contributed by atoms with Gasteiger partial charge in [-0.15, -0.1) is 0 Å². The molecule has 5 heteroatoms. The summed E-state index contributed by atoms with van der Waals surface area (Å²) in [5.74, 6) is 0.656. The summed E-state index contributed by atoms with van der Waals surface area (Å²) >= 11 is 0. The number of esters is 1. The highest BCUT2D eigenvalue weighted by atomic mass is 16.5. The molecule has 0 N–H and O–H groups in total. The van der Waals surface area contributed by atoms with Gasteiger partial charge in [-0.1, -0.05) is 0 Å². The minimum absolute atomic E-state index is 0.140. The summed E-state index contributed by atoms with van der Waals surface area (Å²) in [5, 5.41) is 0. The van der Waals surface area contributed by atoms with E-state index < -0.39 is 0 Å². The lowest BCUT2D eigenvalue weighted by Crippen LogP contribution is -2.37. The fraction of sp³-hybridized carbons (Fsp3) is 0.500. The maximum Gasteiger partial charge on any atom is 0.341 e. The molecule has 0 spiro atoms. The Kier molecular flexibility index (Phi) is 4.14. The number of ether oxygens (including phenoxy) is 1. The minimum atomic E-state index is -0.378. The lowest BCUT2D eigenvalue weighted by molar-refractivity contribution is -0.121. The number of pyridine rings is 1. The Labute approximate surface area is 112 Å². The van der Waals surface area contributed by atoms with E-state index in [2.05, 4.69) is 4.98 Å². The predicted molar refractivity (Wildman–Crippen MR) is 71.2 cm³/mol. The quantitative estimate of drug-likeness (QED) is 0.775. The molecule has 0 amide bonds. The van der Waals surface area contributed by atoms with E-state index in [0.29, 0.717) is 11.4 Å². The zero-order chi connectivity index (χ0) is 13.8. The number of rotatable bonds is 3. The second-order valence-corrected chi connectivity index (χ2v) is 4.74. The van der Waals surface area contributed by atoms with Crippen LogP contribution in [0.15, 0.2) is 18.3 Å². The van der Waals surface area contributed by atoms with Crippen LogP contribution in [0.4, 0.5) is 5.82 Å². The summed E-state index contributed by atoms with van der Waals surface area (Å²) in [6.45, 7) is 3.12. The Hall–Kier alpha value is -1.91. The minimum Gasteiger partial charge on any atom is -0.465 e. The van der Waals surface area contributed by atoms with Crippen LogP contribution in [0.25, 0.3) is 0 Å². The molecule has 1 fully saturated rings. The van der Waals surface area contributed by atoms with Crippen LogP contribution in [0, 0.1) is 5.92 Å². The Bertz CT molecular complexity index is 479. The Morgan fingerprint density at radius 3 is 2.63 bits per heavy atom. The topological polar surface area (TPSA) is 59.5 Å². The van der Waals surface area contributed by atoms with Crippen molar-refractivity contribution in [2.75, 3.05) is 25.1 Å². The van der Waals surface area contributed by atoms with Crippen molar-refractivity contribution in [1.29, 1.82) is 0 Å². The highest BCUT2D eigenvalue weighted by Crippen LogP contribution is 2.25. The van der Waals surface area contributed by atoms with Gasteiger partial charge in [0.15, 0.2) is 0 Å². The van der Waals surface area contributed by atoms with Gasteiger partial charge in [0.1, 0.15) is 17.2 Å². The zero-order valence-corrected chi connectivity index (χ0v) is 11.3. The van der Waals surface area contributed by atoms with Gasteiger partial charge in [-0.25, -0.2) is 9.78 Å². The molecule has 1 aromatic heterocycles. The molecule has 0 radical (unpaired) electrons. The molecule has 0 bridgehead atoms. The second-order valence-electron chi connectivity index (χ2n) is 4.74. The highest BCUT2D eigenvalue weighted by Gasteiger charge is 2.25. The molecule has 1 saturated heterocycles. The van der Waals surface area contributed by atoms with Gasteiger partial charge in [0.25, 0.3) is 0 Å². The van der Waals surface area contributed by atoms with Crippen LogP contribution in [0.5, 0.6) is 0 Å². The van der Waals surface area contributed by atoms with E-state index in [1.165, 1.54) is 7.11 Å². The normalized spacial score (nSPS) is 16.2. The molecule has 2 rings (SSSR count). The Balaban J connectivity index is 2.15. The third-order valence-electron chi connectivity index (χ3n) is 3.56. The van der Waals surface area contributed by atoms with Crippen molar-refractivity contribution in [2.24, 2.45) is 5.92 Å². The summed E-state index contributed by atoms with van der Waals surface area (Å²) in [7, 11) is 1.36. The summed E-state index contributed by atoms with van der Waals surface area (Å²) in [6.07, 6.45) is 3.29. The number of ketones is 1. The molecule has 1 aliphatic rings. The third kappa shape index (κ3) is 2.92. The molecular weight excluding hydrogens is 244 g/mol. The van der Waals surface area contributed by atoms with Crippen LogP contribution < -0.4 is 4.90 Å². The fourth-order valence-electron chi connectivity index (χ4n) is 2.42. The standard InChI is InChI=1S/C14H18N2O3/c1-10(17)11-5-8-16(9-6-11)13-12(14(18)19-2)4-3-7-15-13/h3-4,7,11H,5-6,8-9H2,1-2H3. The number of nitrogens with zero attached hydrogens (tertiary/aromatic N) is 2. The average molecular weight is 262 g/mol. The van der Waals surface area contributed by atoms with Crippen molar-refractivity contribution in [3.63, 3.8) is 0 Å². The molecule has 0 aromatic carbocycles. The largest absolute Gasteiger partial charge is 0.465 e. The molecule has 1 aromatic rings. The van der Waals surface area contributed by atoms with Gasteiger partial charge in [0.05, 0.1) is 7.11 Å². The van der Waals surface area contributed by atoms with Crippen molar-refractivity contribution >= 4 is 17.6 Å². The van der Waals surface area contributed by atoms with Gasteiger partial charge in [0, 0.05) is 25.2 Å². The van der Waals surface area contributed by atoms with Crippen LogP contribution in [0.1, 0.15) is 30.1 Å². The molecule has 19 heavy (non-hydrogen) atoms. The number of hydrogen-bond donors (Lipinski definition) is 0. The van der Waals surface area contributed by atoms with E-state index in [0.717, 1.165) is 25.9 Å². The third-order valence-corrected chi connectivity index (χ3v) is 3.56. The van der Waals surface area contributed by atoms with Crippen molar-refractivity contribution in [3.05, 3.63) is 23.9 Å². The lowest BCUT2D eigenvalue weighted by atomic mass is 9.93. The maximum absolute atomic E-state index is 11.7. The molecular formula is C14H18N2O3. The van der Waals surface area contributed by atoms with Gasteiger partial charge >= 0.3 is 5.97 Å². The maximum atomic E-state index is 11.7. The van der Waals surface area contributed by atoms with Gasteiger partial charge in [-0.2, -0.15) is 0 Å². The van der Waals surface area contributed by atoms with E-state index in [1.807, 2.05) is 4.90 Å². The monoisotopic (exact) mass is 262 g/mol. The van der Waals surface area contributed by atoms with Crippen LogP contribution in [0.3, 0.4) is 0 Å². The molecule has 5 nitrogen and oxygen atoms in total. The molecule has 2 heterocycles. The number of methoxy groups -OCH3 is 1. The SMILES string of the molecule is COC(=O)c1cccnc1N1CCC(C(C)=O)CC1. The van der Waals surface area contributed by atoms with Crippen LogP contribution in [-0.4, -0.2) is 36.9 Å². The van der Waals surface area contributed by atoms with E-state index in [9.17, 15) is 9.59 Å². The molecule has 0 aliphatic carbocycles. The average Bonchev–Trinajstić information content (AvgIpc) is 2.46.